The van der Waals surface area contributed by atoms with E-state index in [0.29, 0.717) is 0 Å². The molecule has 0 aliphatic carbocycles. The minimum Gasteiger partial charge on any atom is -0.465 e. The van der Waals surface area contributed by atoms with Crippen LogP contribution in [0.3, 0.4) is 0 Å². The Bertz CT molecular complexity index is 202. The first-order chi connectivity index (χ1) is 6.40. The fraction of sp³-hybridized carbons (Fsp3) is 0.667. The third-order valence-corrected chi connectivity index (χ3v) is 1.62. The molecular formula is C9H13F3O2. The molecule has 0 N–H and O–H groups in total. The zero-order valence-corrected chi connectivity index (χ0v) is 7.93. The predicted octanol–water partition coefficient (Wildman–Crippen LogP) is 2.49. The van der Waals surface area contributed by atoms with Crippen LogP contribution in [0.5, 0.6) is 0 Å². The number of halogens is 3. The summed E-state index contributed by atoms with van der Waals surface area (Å²) in [5.74, 6) is -0.593. The molecule has 0 bridgehead atoms. The Balaban J connectivity index is 3.73. The van der Waals surface area contributed by atoms with Crippen LogP contribution in [0, 0.1) is 0 Å². The van der Waals surface area contributed by atoms with Crippen molar-refractivity contribution in [3.05, 3.63) is 12.7 Å². The molecule has 0 spiro atoms. The van der Waals surface area contributed by atoms with E-state index in [1.165, 1.54) is 6.08 Å². The molecule has 1 unspecified atom stereocenters. The highest BCUT2D eigenvalue weighted by Crippen LogP contribution is 2.23. The van der Waals surface area contributed by atoms with Gasteiger partial charge in [0.1, 0.15) is 0 Å². The third-order valence-electron chi connectivity index (χ3n) is 1.62. The molecule has 0 aliphatic heterocycles. The lowest BCUT2D eigenvalue weighted by Gasteiger charge is -2.18. The molecule has 0 aromatic heterocycles. The van der Waals surface area contributed by atoms with Crippen molar-refractivity contribution in [3.8, 4) is 0 Å². The molecule has 0 fully saturated rings. The molecule has 0 aromatic carbocycles. The minimum absolute atomic E-state index is 0.00230. The van der Waals surface area contributed by atoms with E-state index >= 15 is 0 Å². The predicted molar refractivity (Wildman–Crippen MR) is 45.9 cm³/mol. The van der Waals surface area contributed by atoms with E-state index in [1.54, 1.807) is 0 Å². The summed E-state index contributed by atoms with van der Waals surface area (Å²) in [6.07, 6.45) is -2.25. The van der Waals surface area contributed by atoms with Crippen molar-refractivity contribution >= 4 is 5.97 Å². The second-order valence-electron chi connectivity index (χ2n) is 3.04. The van der Waals surface area contributed by atoms with Gasteiger partial charge in [0.05, 0.1) is 13.0 Å². The molecular weight excluding hydrogens is 197 g/mol. The van der Waals surface area contributed by atoms with E-state index in [4.69, 9.17) is 0 Å². The van der Waals surface area contributed by atoms with Crippen LogP contribution in [-0.2, 0) is 9.53 Å². The van der Waals surface area contributed by atoms with E-state index in [9.17, 15) is 18.0 Å². The molecule has 0 saturated carbocycles. The second kappa shape index (κ2) is 5.67. The Morgan fingerprint density at radius 2 is 2.21 bits per heavy atom. The highest BCUT2D eigenvalue weighted by Gasteiger charge is 2.34. The van der Waals surface area contributed by atoms with Gasteiger partial charge in [-0.1, -0.05) is 6.08 Å². The van der Waals surface area contributed by atoms with Crippen LogP contribution in [0.15, 0.2) is 12.7 Å². The zero-order chi connectivity index (χ0) is 11.2. The maximum Gasteiger partial charge on any atom is 0.309 e. The first-order valence-corrected chi connectivity index (χ1v) is 4.13. The molecule has 2 nitrogen and oxygen atoms in total. The summed E-state index contributed by atoms with van der Waals surface area (Å²) in [5.41, 5.74) is -2.60. The number of carbonyl (C=O) groups is 1. The number of esters is 1. The second-order valence-corrected chi connectivity index (χ2v) is 3.04. The lowest BCUT2D eigenvalue weighted by atomic mass is 10.1. The van der Waals surface area contributed by atoms with E-state index in [0.717, 1.165) is 6.92 Å². The van der Waals surface area contributed by atoms with E-state index in [2.05, 4.69) is 11.3 Å². The molecule has 0 saturated heterocycles. The van der Waals surface area contributed by atoms with Gasteiger partial charge < -0.3 is 4.74 Å². The van der Waals surface area contributed by atoms with Gasteiger partial charge in [-0.3, -0.25) is 4.79 Å². The van der Waals surface area contributed by atoms with Crippen molar-refractivity contribution in [1.82, 2.24) is 0 Å². The standard InChI is InChI=1S/C9H13F3O2/c1-3-4-7(13)14-6-5-9(2,12)8(10)11/h3,8H,1,4-6H2,2H3. The third kappa shape index (κ3) is 4.89. The van der Waals surface area contributed by atoms with Crippen LogP contribution in [0.25, 0.3) is 0 Å². The topological polar surface area (TPSA) is 26.3 Å². The quantitative estimate of drug-likeness (QED) is 0.497. The van der Waals surface area contributed by atoms with Gasteiger partial charge in [-0.2, -0.15) is 0 Å². The van der Waals surface area contributed by atoms with E-state index in [1.807, 2.05) is 0 Å². The molecule has 5 heteroatoms. The Hall–Kier alpha value is -1.00. The van der Waals surface area contributed by atoms with Gasteiger partial charge in [0.25, 0.3) is 6.43 Å². The highest BCUT2D eigenvalue weighted by molar-refractivity contribution is 5.70. The van der Waals surface area contributed by atoms with Crippen LogP contribution >= 0.6 is 0 Å². The average Bonchev–Trinajstić information content (AvgIpc) is 2.04. The Morgan fingerprint density at radius 3 is 2.64 bits per heavy atom. The fourth-order valence-electron chi connectivity index (χ4n) is 0.650. The molecule has 14 heavy (non-hydrogen) atoms. The van der Waals surface area contributed by atoms with Gasteiger partial charge >= 0.3 is 5.97 Å². The fourth-order valence-corrected chi connectivity index (χ4v) is 0.650. The smallest absolute Gasteiger partial charge is 0.309 e. The van der Waals surface area contributed by atoms with Crippen LogP contribution in [0.2, 0.25) is 0 Å². The molecule has 0 radical (unpaired) electrons. The summed E-state index contributed by atoms with van der Waals surface area (Å²) < 4.78 is 41.3. The van der Waals surface area contributed by atoms with Gasteiger partial charge in [0.2, 0.25) is 0 Å². The normalized spacial score (nSPS) is 14.9. The summed E-state index contributed by atoms with van der Waals surface area (Å²) >= 11 is 0. The Labute approximate surface area is 80.7 Å². The summed E-state index contributed by atoms with van der Waals surface area (Å²) in [4.78, 5) is 10.7. The molecule has 0 aromatic rings. The summed E-state index contributed by atoms with van der Waals surface area (Å²) in [7, 11) is 0. The van der Waals surface area contributed by atoms with Crippen molar-refractivity contribution in [2.45, 2.75) is 31.9 Å². The maximum atomic E-state index is 12.9. The van der Waals surface area contributed by atoms with Crippen LogP contribution < -0.4 is 0 Å². The SMILES string of the molecule is C=CCC(=O)OCCC(C)(F)C(F)F. The van der Waals surface area contributed by atoms with Crippen LogP contribution in [0.4, 0.5) is 13.2 Å². The molecule has 1 atom stereocenters. The molecule has 0 heterocycles. The number of hydrogen-bond donors (Lipinski definition) is 0. The van der Waals surface area contributed by atoms with Crippen molar-refractivity contribution in [3.63, 3.8) is 0 Å². The Morgan fingerprint density at radius 1 is 1.64 bits per heavy atom. The zero-order valence-electron chi connectivity index (χ0n) is 7.93. The highest BCUT2D eigenvalue weighted by atomic mass is 19.3. The molecule has 0 amide bonds. The molecule has 0 aliphatic rings. The van der Waals surface area contributed by atoms with Crippen molar-refractivity contribution in [2.75, 3.05) is 6.61 Å². The van der Waals surface area contributed by atoms with E-state index < -0.39 is 24.5 Å². The van der Waals surface area contributed by atoms with Gasteiger partial charge in [-0.25, -0.2) is 13.2 Å². The largest absolute Gasteiger partial charge is 0.465 e. The minimum atomic E-state index is -3.07. The lowest BCUT2D eigenvalue weighted by Crippen LogP contribution is -2.30. The van der Waals surface area contributed by atoms with Gasteiger partial charge in [0.15, 0.2) is 5.67 Å². The van der Waals surface area contributed by atoms with Crippen molar-refractivity contribution in [2.24, 2.45) is 0 Å². The van der Waals surface area contributed by atoms with Gasteiger partial charge in [-0.15, -0.1) is 6.58 Å². The first-order valence-electron chi connectivity index (χ1n) is 4.13. The van der Waals surface area contributed by atoms with Gasteiger partial charge in [0, 0.05) is 6.42 Å². The van der Waals surface area contributed by atoms with Crippen molar-refractivity contribution in [1.29, 1.82) is 0 Å². The average molecular weight is 210 g/mol. The summed E-state index contributed by atoms with van der Waals surface area (Å²) in [6, 6.07) is 0. The lowest BCUT2D eigenvalue weighted by molar-refractivity contribution is -0.144. The van der Waals surface area contributed by atoms with Crippen molar-refractivity contribution < 1.29 is 22.7 Å². The van der Waals surface area contributed by atoms with E-state index in [-0.39, 0.29) is 13.0 Å². The number of carbonyl (C=O) groups excluding carboxylic acids is 1. The number of ether oxygens (including phenoxy) is 1. The van der Waals surface area contributed by atoms with Crippen LogP contribution in [-0.4, -0.2) is 24.7 Å². The molecule has 82 valence electrons. The summed E-state index contributed by atoms with van der Waals surface area (Å²) in [6.45, 7) is 3.72. The first kappa shape index (κ1) is 13.0. The van der Waals surface area contributed by atoms with Crippen LogP contribution in [0.1, 0.15) is 19.8 Å². The maximum absolute atomic E-state index is 12.9. The number of alkyl halides is 3. The Kier molecular flexibility index (Phi) is 5.27. The van der Waals surface area contributed by atoms with Gasteiger partial charge in [-0.05, 0) is 6.92 Å². The molecule has 0 rings (SSSR count). The monoisotopic (exact) mass is 210 g/mol. The summed E-state index contributed by atoms with van der Waals surface area (Å²) in [5, 5.41) is 0. The number of rotatable bonds is 6. The number of hydrogen-bond acceptors (Lipinski definition) is 2.